The van der Waals surface area contributed by atoms with Gasteiger partial charge in [0.05, 0.1) is 11.2 Å². The van der Waals surface area contributed by atoms with E-state index >= 15 is 0 Å². The number of anilines is 2. The first-order valence-corrected chi connectivity index (χ1v) is 7.75. The number of piperazine rings is 1. The van der Waals surface area contributed by atoms with Gasteiger partial charge in [-0.2, -0.15) is 0 Å². The quantitative estimate of drug-likeness (QED) is 0.880. The van der Waals surface area contributed by atoms with Crippen molar-refractivity contribution in [3.8, 4) is 0 Å². The molecule has 1 aliphatic heterocycles. The van der Waals surface area contributed by atoms with E-state index in [1.807, 2.05) is 18.3 Å². The molecule has 4 heteroatoms. The monoisotopic (exact) mass is 284 g/mol. The van der Waals surface area contributed by atoms with Gasteiger partial charge in [0.15, 0.2) is 0 Å². The molecular weight excluding hydrogens is 260 g/mol. The van der Waals surface area contributed by atoms with Gasteiger partial charge in [-0.25, -0.2) is 0 Å². The van der Waals surface area contributed by atoms with Crippen LogP contribution in [-0.2, 0) is 0 Å². The summed E-state index contributed by atoms with van der Waals surface area (Å²) in [6.45, 7) is 10.2. The van der Waals surface area contributed by atoms with Gasteiger partial charge >= 0.3 is 0 Å². The van der Waals surface area contributed by atoms with E-state index in [4.69, 9.17) is 5.73 Å². The van der Waals surface area contributed by atoms with E-state index < -0.39 is 0 Å². The zero-order valence-electron chi connectivity index (χ0n) is 12.9. The molecule has 1 aromatic carbocycles. The third-order valence-corrected chi connectivity index (χ3v) is 4.11. The maximum absolute atomic E-state index is 6.04. The fourth-order valence-corrected chi connectivity index (χ4v) is 3.14. The normalized spacial score (nSPS) is 16.8. The van der Waals surface area contributed by atoms with E-state index in [-0.39, 0.29) is 0 Å². The van der Waals surface area contributed by atoms with E-state index in [1.54, 1.807) is 0 Å². The van der Waals surface area contributed by atoms with Gasteiger partial charge in [0.1, 0.15) is 0 Å². The highest BCUT2D eigenvalue weighted by Crippen LogP contribution is 2.30. The summed E-state index contributed by atoms with van der Waals surface area (Å²) in [5, 5.41) is 1.16. The summed E-state index contributed by atoms with van der Waals surface area (Å²) in [4.78, 5) is 9.44. The average molecular weight is 284 g/mol. The number of fused-ring (bicyclic) bond motifs is 1. The van der Waals surface area contributed by atoms with Crippen LogP contribution >= 0.6 is 0 Å². The average Bonchev–Trinajstić information content (AvgIpc) is 2.48. The number of aromatic nitrogens is 1. The molecule has 0 amide bonds. The van der Waals surface area contributed by atoms with Crippen molar-refractivity contribution in [2.24, 2.45) is 5.92 Å². The molecule has 21 heavy (non-hydrogen) atoms. The summed E-state index contributed by atoms with van der Waals surface area (Å²) in [7, 11) is 0. The lowest BCUT2D eigenvalue weighted by molar-refractivity contribution is 0.231. The van der Waals surface area contributed by atoms with Gasteiger partial charge in [0.25, 0.3) is 0 Å². The van der Waals surface area contributed by atoms with E-state index in [0.29, 0.717) is 0 Å². The standard InChI is InChI=1S/C17H24N4/c1-13(2)12-20-8-10-21(11-9-20)16-6-5-15(18)17-14(16)4-3-7-19-17/h3-7,13H,8-12,18H2,1-2H3. The number of hydrogen-bond acceptors (Lipinski definition) is 4. The summed E-state index contributed by atoms with van der Waals surface area (Å²) in [5.74, 6) is 0.734. The second kappa shape index (κ2) is 5.90. The van der Waals surface area contributed by atoms with Crippen LogP contribution in [0.1, 0.15) is 13.8 Å². The number of rotatable bonds is 3. The second-order valence-electron chi connectivity index (χ2n) is 6.25. The van der Waals surface area contributed by atoms with Crippen molar-refractivity contribution in [1.82, 2.24) is 9.88 Å². The minimum absolute atomic E-state index is 0.734. The second-order valence-corrected chi connectivity index (χ2v) is 6.25. The summed E-state index contributed by atoms with van der Waals surface area (Å²) in [6, 6.07) is 8.22. The van der Waals surface area contributed by atoms with E-state index in [9.17, 15) is 0 Å². The molecule has 0 spiro atoms. The Morgan fingerprint density at radius 3 is 2.62 bits per heavy atom. The predicted octanol–water partition coefficient (Wildman–Crippen LogP) is 2.60. The fourth-order valence-electron chi connectivity index (χ4n) is 3.14. The van der Waals surface area contributed by atoms with Crippen LogP contribution in [0.2, 0.25) is 0 Å². The molecule has 4 nitrogen and oxygen atoms in total. The molecule has 2 N–H and O–H groups in total. The first kappa shape index (κ1) is 14.1. The Balaban J connectivity index is 1.81. The lowest BCUT2D eigenvalue weighted by Crippen LogP contribution is -2.47. The van der Waals surface area contributed by atoms with E-state index in [2.05, 4.69) is 40.8 Å². The highest BCUT2D eigenvalue weighted by molar-refractivity contribution is 5.98. The third-order valence-electron chi connectivity index (χ3n) is 4.11. The minimum Gasteiger partial charge on any atom is -0.397 e. The van der Waals surface area contributed by atoms with E-state index in [0.717, 1.165) is 48.7 Å². The number of pyridine rings is 1. The van der Waals surface area contributed by atoms with Crippen LogP contribution in [0.4, 0.5) is 11.4 Å². The van der Waals surface area contributed by atoms with Gasteiger partial charge in [-0.1, -0.05) is 13.8 Å². The van der Waals surface area contributed by atoms with Crippen molar-refractivity contribution in [2.45, 2.75) is 13.8 Å². The molecule has 112 valence electrons. The number of nitrogen functional groups attached to an aromatic ring is 1. The number of benzene rings is 1. The predicted molar refractivity (Wildman–Crippen MR) is 89.6 cm³/mol. The summed E-state index contributed by atoms with van der Waals surface area (Å²) < 4.78 is 0. The Hall–Kier alpha value is -1.81. The maximum Gasteiger partial charge on any atom is 0.0951 e. The molecule has 2 heterocycles. The molecule has 0 radical (unpaired) electrons. The van der Waals surface area contributed by atoms with Crippen LogP contribution in [0.15, 0.2) is 30.5 Å². The lowest BCUT2D eigenvalue weighted by atomic mass is 10.1. The number of nitrogens with zero attached hydrogens (tertiary/aromatic N) is 3. The molecule has 0 unspecified atom stereocenters. The summed E-state index contributed by atoms with van der Waals surface area (Å²) in [6.07, 6.45) is 1.81. The zero-order chi connectivity index (χ0) is 14.8. The van der Waals surface area contributed by atoms with Crippen molar-refractivity contribution in [1.29, 1.82) is 0 Å². The van der Waals surface area contributed by atoms with Crippen LogP contribution in [-0.4, -0.2) is 42.6 Å². The zero-order valence-corrected chi connectivity index (χ0v) is 12.9. The molecule has 0 saturated carbocycles. The Bertz CT molecular complexity index is 615. The summed E-state index contributed by atoms with van der Waals surface area (Å²) in [5.41, 5.74) is 8.98. The van der Waals surface area contributed by atoms with Crippen molar-refractivity contribution in [2.75, 3.05) is 43.4 Å². The SMILES string of the molecule is CC(C)CN1CCN(c2ccc(N)c3ncccc23)CC1. The first-order valence-electron chi connectivity index (χ1n) is 7.75. The topological polar surface area (TPSA) is 45.4 Å². The Kier molecular flexibility index (Phi) is 3.97. The maximum atomic E-state index is 6.04. The van der Waals surface area contributed by atoms with Gasteiger partial charge in [-0.3, -0.25) is 9.88 Å². The van der Waals surface area contributed by atoms with Gasteiger partial charge in [0.2, 0.25) is 0 Å². The van der Waals surface area contributed by atoms with Crippen molar-refractivity contribution in [3.63, 3.8) is 0 Å². The molecule has 0 atom stereocenters. The smallest absolute Gasteiger partial charge is 0.0951 e. The Labute approximate surface area is 126 Å². The highest BCUT2D eigenvalue weighted by Gasteiger charge is 2.19. The molecule has 1 fully saturated rings. The van der Waals surface area contributed by atoms with Gasteiger partial charge in [-0.15, -0.1) is 0 Å². The molecule has 1 aromatic heterocycles. The molecular formula is C17H24N4. The molecule has 2 aromatic rings. The Morgan fingerprint density at radius 1 is 1.14 bits per heavy atom. The van der Waals surface area contributed by atoms with Crippen LogP contribution in [0, 0.1) is 5.92 Å². The molecule has 1 aliphatic rings. The van der Waals surface area contributed by atoms with Crippen LogP contribution in [0.5, 0.6) is 0 Å². The third kappa shape index (κ3) is 2.95. The number of hydrogen-bond donors (Lipinski definition) is 1. The molecule has 1 saturated heterocycles. The highest BCUT2D eigenvalue weighted by atomic mass is 15.3. The summed E-state index contributed by atoms with van der Waals surface area (Å²) >= 11 is 0. The minimum atomic E-state index is 0.734. The van der Waals surface area contributed by atoms with Crippen molar-refractivity contribution in [3.05, 3.63) is 30.5 Å². The number of nitrogens with two attached hydrogens (primary N) is 1. The van der Waals surface area contributed by atoms with Crippen LogP contribution in [0.3, 0.4) is 0 Å². The fraction of sp³-hybridized carbons (Fsp3) is 0.471. The van der Waals surface area contributed by atoms with Crippen LogP contribution < -0.4 is 10.6 Å². The first-order chi connectivity index (χ1) is 10.1. The van der Waals surface area contributed by atoms with Crippen LogP contribution in [0.25, 0.3) is 10.9 Å². The van der Waals surface area contributed by atoms with Gasteiger partial charge in [-0.05, 0) is 30.2 Å². The lowest BCUT2D eigenvalue weighted by Gasteiger charge is -2.37. The van der Waals surface area contributed by atoms with Gasteiger partial charge in [0, 0.05) is 50.0 Å². The van der Waals surface area contributed by atoms with Crippen molar-refractivity contribution < 1.29 is 0 Å². The Morgan fingerprint density at radius 2 is 1.90 bits per heavy atom. The molecule has 0 bridgehead atoms. The van der Waals surface area contributed by atoms with Gasteiger partial charge < -0.3 is 10.6 Å². The molecule has 3 rings (SSSR count). The largest absolute Gasteiger partial charge is 0.397 e. The van der Waals surface area contributed by atoms with Crippen molar-refractivity contribution >= 4 is 22.3 Å². The molecule has 0 aliphatic carbocycles. The van der Waals surface area contributed by atoms with E-state index in [1.165, 1.54) is 12.2 Å².